The van der Waals surface area contributed by atoms with E-state index in [2.05, 4.69) is 20.2 Å². The molecule has 42 heavy (non-hydrogen) atoms. The Balaban J connectivity index is 1.26. The van der Waals surface area contributed by atoms with E-state index in [1.165, 1.54) is 6.20 Å². The average Bonchev–Trinajstić information content (AvgIpc) is 2.98. The summed E-state index contributed by atoms with van der Waals surface area (Å²) in [4.78, 5) is 36.7. The second-order valence-corrected chi connectivity index (χ2v) is 10.1. The van der Waals surface area contributed by atoms with Gasteiger partial charge in [-0.3, -0.25) is 14.5 Å². The van der Waals surface area contributed by atoms with Gasteiger partial charge < -0.3 is 25.4 Å². The maximum absolute atomic E-state index is 14.1. The van der Waals surface area contributed by atoms with Crippen LogP contribution in [0.4, 0.5) is 14.6 Å². The van der Waals surface area contributed by atoms with Crippen molar-refractivity contribution in [3.05, 3.63) is 70.4 Å². The molecule has 1 fully saturated rings. The number of ether oxygens (including phenoxy) is 2. The number of carbonyl (C=O) groups excluding carboxylic acids is 2. The number of hydrogen-bond acceptors (Lipinski definition) is 8. The highest BCUT2D eigenvalue weighted by Crippen LogP contribution is 2.30. The number of nitrogens with zero attached hydrogens (tertiary/aromatic N) is 4. The van der Waals surface area contributed by atoms with Crippen LogP contribution in [0.1, 0.15) is 35.9 Å². The topological polar surface area (TPSA) is 123 Å². The fourth-order valence-corrected chi connectivity index (χ4v) is 4.80. The lowest BCUT2D eigenvalue weighted by molar-refractivity contribution is -0.130. The van der Waals surface area contributed by atoms with Crippen LogP contribution in [0.15, 0.2) is 42.6 Å². The summed E-state index contributed by atoms with van der Waals surface area (Å²) in [6.45, 7) is 7.36. The standard InChI is InChI=1S/C29H33ClF2N6O4/c1-18(25-22(31)7-8-23(32)26(25)30)41-15-16-42-29-27(33)35-17-24(36-29)20-3-5-21(6-4-20)28(40)34-9-10-37-11-13-38(14-12-37)19(2)39/h3-8,17-18H,9-16H2,1-2H3,(H2,33,35)(H,34,40). The predicted molar refractivity (Wildman–Crippen MR) is 154 cm³/mol. The van der Waals surface area contributed by atoms with Crippen LogP contribution in [-0.2, 0) is 9.53 Å². The summed E-state index contributed by atoms with van der Waals surface area (Å²) in [6.07, 6.45) is 0.682. The van der Waals surface area contributed by atoms with Crippen molar-refractivity contribution in [2.45, 2.75) is 20.0 Å². The third-order valence-corrected chi connectivity index (χ3v) is 7.30. The first-order valence-electron chi connectivity index (χ1n) is 13.5. The molecule has 4 rings (SSSR count). The van der Waals surface area contributed by atoms with E-state index in [0.29, 0.717) is 43.0 Å². The molecule has 2 amide bonds. The quantitative estimate of drug-likeness (QED) is 0.252. The van der Waals surface area contributed by atoms with Gasteiger partial charge in [-0.25, -0.2) is 18.7 Å². The van der Waals surface area contributed by atoms with Gasteiger partial charge in [-0.05, 0) is 31.2 Å². The van der Waals surface area contributed by atoms with Crippen molar-refractivity contribution < 1.29 is 27.8 Å². The van der Waals surface area contributed by atoms with E-state index in [-0.39, 0.29) is 47.3 Å². The van der Waals surface area contributed by atoms with Crippen molar-refractivity contribution in [2.75, 3.05) is 58.2 Å². The third kappa shape index (κ3) is 7.90. The molecule has 1 atom stereocenters. The maximum Gasteiger partial charge on any atom is 0.257 e. The number of nitrogens with one attached hydrogen (secondary N) is 1. The van der Waals surface area contributed by atoms with Crippen LogP contribution < -0.4 is 15.8 Å². The fourth-order valence-electron chi connectivity index (χ4n) is 4.50. The molecule has 1 unspecified atom stereocenters. The molecule has 3 N–H and O–H groups in total. The SMILES string of the molecule is CC(=O)N1CCN(CCNC(=O)c2ccc(-c3cnc(N)c(OCCOC(C)c4c(F)ccc(F)c4Cl)n3)cc2)CC1. The fraction of sp³-hybridized carbons (Fsp3) is 0.379. The number of aromatic nitrogens is 2. The molecule has 10 nitrogen and oxygen atoms in total. The minimum absolute atomic E-state index is 0.0206. The zero-order chi connectivity index (χ0) is 30.2. The number of benzene rings is 2. The van der Waals surface area contributed by atoms with Gasteiger partial charge in [0.2, 0.25) is 5.91 Å². The molecule has 0 radical (unpaired) electrons. The Morgan fingerprint density at radius 3 is 2.45 bits per heavy atom. The molecule has 13 heteroatoms. The molecule has 0 saturated carbocycles. The lowest BCUT2D eigenvalue weighted by Gasteiger charge is -2.34. The summed E-state index contributed by atoms with van der Waals surface area (Å²) >= 11 is 5.89. The number of hydrogen-bond donors (Lipinski definition) is 2. The second-order valence-electron chi connectivity index (χ2n) is 9.74. The van der Waals surface area contributed by atoms with Crippen molar-refractivity contribution in [3.8, 4) is 17.1 Å². The summed E-state index contributed by atoms with van der Waals surface area (Å²) in [7, 11) is 0. The van der Waals surface area contributed by atoms with Crippen molar-refractivity contribution in [1.82, 2.24) is 25.1 Å². The molecule has 1 aliphatic heterocycles. The summed E-state index contributed by atoms with van der Waals surface area (Å²) in [5.74, 6) is -1.34. The number of amides is 2. The van der Waals surface area contributed by atoms with Gasteiger partial charge in [-0.2, -0.15) is 0 Å². The summed E-state index contributed by atoms with van der Waals surface area (Å²) in [5.41, 5.74) is 7.54. The van der Waals surface area contributed by atoms with E-state index >= 15 is 0 Å². The highest BCUT2D eigenvalue weighted by molar-refractivity contribution is 6.31. The Morgan fingerprint density at radius 2 is 1.76 bits per heavy atom. The Hall–Kier alpha value is -3.87. The third-order valence-electron chi connectivity index (χ3n) is 6.92. The highest BCUT2D eigenvalue weighted by Gasteiger charge is 2.20. The first-order valence-corrected chi connectivity index (χ1v) is 13.9. The molecular formula is C29H33ClF2N6O4. The molecule has 1 saturated heterocycles. The number of anilines is 1. The summed E-state index contributed by atoms with van der Waals surface area (Å²) in [6, 6.07) is 8.85. The molecular weight excluding hydrogens is 570 g/mol. The zero-order valence-corrected chi connectivity index (χ0v) is 24.2. The lowest BCUT2D eigenvalue weighted by atomic mass is 10.1. The maximum atomic E-state index is 14.1. The number of carbonyl (C=O) groups is 2. The van der Waals surface area contributed by atoms with E-state index < -0.39 is 17.7 Å². The van der Waals surface area contributed by atoms with Crippen molar-refractivity contribution in [2.24, 2.45) is 0 Å². The molecule has 1 aromatic heterocycles. The number of halogens is 3. The minimum Gasteiger partial charge on any atom is -0.473 e. The Bertz CT molecular complexity index is 1400. The molecule has 0 bridgehead atoms. The van der Waals surface area contributed by atoms with Gasteiger partial charge in [-0.15, -0.1) is 0 Å². The van der Waals surface area contributed by atoms with Gasteiger partial charge in [0.05, 0.1) is 29.6 Å². The molecule has 1 aliphatic rings. The smallest absolute Gasteiger partial charge is 0.257 e. The molecule has 224 valence electrons. The first-order chi connectivity index (χ1) is 20.1. The summed E-state index contributed by atoms with van der Waals surface area (Å²) < 4.78 is 39.0. The van der Waals surface area contributed by atoms with E-state index in [1.807, 2.05) is 4.90 Å². The average molecular weight is 603 g/mol. The molecule has 2 aromatic carbocycles. The van der Waals surface area contributed by atoms with Crippen LogP contribution in [0.3, 0.4) is 0 Å². The van der Waals surface area contributed by atoms with Crippen LogP contribution in [0, 0.1) is 11.6 Å². The van der Waals surface area contributed by atoms with Crippen molar-refractivity contribution in [1.29, 1.82) is 0 Å². The van der Waals surface area contributed by atoms with Gasteiger partial charge in [-0.1, -0.05) is 23.7 Å². The Morgan fingerprint density at radius 1 is 1.07 bits per heavy atom. The van der Waals surface area contributed by atoms with Gasteiger partial charge >= 0.3 is 0 Å². The molecule has 2 heterocycles. The van der Waals surface area contributed by atoms with Crippen LogP contribution in [0.5, 0.6) is 5.88 Å². The van der Waals surface area contributed by atoms with Gasteiger partial charge in [0.1, 0.15) is 18.2 Å². The van der Waals surface area contributed by atoms with Crippen molar-refractivity contribution in [3.63, 3.8) is 0 Å². The molecule has 3 aromatic rings. The molecule has 0 aliphatic carbocycles. The second kappa shape index (κ2) is 14.3. The van der Waals surface area contributed by atoms with E-state index in [4.69, 9.17) is 26.8 Å². The van der Waals surface area contributed by atoms with Crippen LogP contribution in [0.25, 0.3) is 11.3 Å². The zero-order valence-electron chi connectivity index (χ0n) is 23.4. The minimum atomic E-state index is -0.814. The first kappa shape index (κ1) is 31.1. The van der Waals surface area contributed by atoms with Gasteiger partial charge in [0, 0.05) is 62.9 Å². The van der Waals surface area contributed by atoms with Crippen LogP contribution >= 0.6 is 11.6 Å². The van der Waals surface area contributed by atoms with Crippen molar-refractivity contribution >= 4 is 29.2 Å². The highest BCUT2D eigenvalue weighted by atomic mass is 35.5. The van der Waals surface area contributed by atoms with E-state index in [9.17, 15) is 18.4 Å². The number of piperazine rings is 1. The largest absolute Gasteiger partial charge is 0.473 e. The monoisotopic (exact) mass is 602 g/mol. The van der Waals surface area contributed by atoms with E-state index in [1.54, 1.807) is 38.1 Å². The lowest BCUT2D eigenvalue weighted by Crippen LogP contribution is -2.49. The predicted octanol–water partition coefficient (Wildman–Crippen LogP) is 3.71. The number of nitrogens with two attached hydrogens (primary N) is 1. The van der Waals surface area contributed by atoms with Gasteiger partial charge in [0.15, 0.2) is 5.82 Å². The summed E-state index contributed by atoms with van der Waals surface area (Å²) in [5, 5.41) is 2.60. The number of rotatable bonds is 11. The van der Waals surface area contributed by atoms with E-state index in [0.717, 1.165) is 25.2 Å². The number of nitrogen functional groups attached to an aromatic ring is 1. The normalized spacial score (nSPS) is 14.5. The van der Waals surface area contributed by atoms with Crippen LogP contribution in [0.2, 0.25) is 5.02 Å². The Labute approximate surface area is 247 Å². The van der Waals surface area contributed by atoms with Gasteiger partial charge in [0.25, 0.3) is 11.8 Å². The van der Waals surface area contributed by atoms with Crippen LogP contribution in [-0.4, -0.2) is 84.1 Å². The Kier molecular flexibility index (Phi) is 10.6. The molecule has 0 spiro atoms.